The average molecular weight is 352 g/mol. The van der Waals surface area contributed by atoms with Gasteiger partial charge in [0.1, 0.15) is 0 Å². The van der Waals surface area contributed by atoms with E-state index in [9.17, 15) is 13.2 Å². The van der Waals surface area contributed by atoms with E-state index in [1.807, 2.05) is 13.8 Å². The highest BCUT2D eigenvalue weighted by atomic mass is 19.4. The Labute approximate surface area is 144 Å². The second-order valence-corrected chi connectivity index (χ2v) is 5.52. The summed E-state index contributed by atoms with van der Waals surface area (Å²) in [7, 11) is 1.55. The Hall–Kier alpha value is -2.70. The van der Waals surface area contributed by atoms with E-state index in [0.29, 0.717) is 17.2 Å². The standard InChI is InChI=1S/C18H19F3N2O2/c1-12(2)25-16-9-4-13(10-17(16)24-3)11-22-23-15-7-5-14(6-8-15)18(19,20)21/h4-12,23H,1-3H3. The quantitative estimate of drug-likeness (QED) is 0.591. The summed E-state index contributed by atoms with van der Waals surface area (Å²) in [6.45, 7) is 3.84. The zero-order valence-electron chi connectivity index (χ0n) is 14.1. The van der Waals surface area contributed by atoms with E-state index in [-0.39, 0.29) is 6.10 Å². The van der Waals surface area contributed by atoms with E-state index in [1.165, 1.54) is 12.1 Å². The molecule has 0 heterocycles. The van der Waals surface area contributed by atoms with Crippen LogP contribution in [0.15, 0.2) is 47.6 Å². The highest BCUT2D eigenvalue weighted by Crippen LogP contribution is 2.30. The first-order valence-corrected chi connectivity index (χ1v) is 7.60. The number of anilines is 1. The largest absolute Gasteiger partial charge is 0.493 e. The summed E-state index contributed by atoms with van der Waals surface area (Å²) in [5, 5.41) is 4.02. The number of nitrogens with one attached hydrogen (secondary N) is 1. The number of hydrogen-bond acceptors (Lipinski definition) is 4. The van der Waals surface area contributed by atoms with Crippen LogP contribution in [0.4, 0.5) is 18.9 Å². The van der Waals surface area contributed by atoms with Crippen molar-refractivity contribution < 1.29 is 22.6 Å². The molecule has 0 saturated carbocycles. The summed E-state index contributed by atoms with van der Waals surface area (Å²) in [5.74, 6) is 1.21. The van der Waals surface area contributed by atoms with Gasteiger partial charge < -0.3 is 9.47 Å². The van der Waals surface area contributed by atoms with Crippen molar-refractivity contribution in [2.24, 2.45) is 5.10 Å². The van der Waals surface area contributed by atoms with Crippen LogP contribution in [0.2, 0.25) is 0 Å². The minimum absolute atomic E-state index is 0.0229. The van der Waals surface area contributed by atoms with Gasteiger partial charge in [-0.15, -0.1) is 0 Å². The Balaban J connectivity index is 2.04. The van der Waals surface area contributed by atoms with Crippen molar-refractivity contribution in [1.29, 1.82) is 0 Å². The third-order valence-electron chi connectivity index (χ3n) is 3.17. The van der Waals surface area contributed by atoms with Gasteiger partial charge in [-0.2, -0.15) is 18.3 Å². The van der Waals surface area contributed by atoms with Crippen LogP contribution in [-0.4, -0.2) is 19.4 Å². The monoisotopic (exact) mass is 352 g/mol. The Morgan fingerprint density at radius 1 is 1.04 bits per heavy atom. The van der Waals surface area contributed by atoms with Crippen molar-refractivity contribution in [2.75, 3.05) is 12.5 Å². The van der Waals surface area contributed by atoms with E-state index >= 15 is 0 Å². The second kappa shape index (κ2) is 7.92. The first-order chi connectivity index (χ1) is 11.8. The molecule has 0 atom stereocenters. The summed E-state index contributed by atoms with van der Waals surface area (Å²) in [5.41, 5.74) is 3.20. The molecule has 7 heteroatoms. The molecule has 0 aliphatic carbocycles. The zero-order valence-corrected chi connectivity index (χ0v) is 14.1. The molecule has 0 saturated heterocycles. The van der Waals surface area contributed by atoms with Crippen molar-refractivity contribution >= 4 is 11.9 Å². The molecule has 2 rings (SSSR count). The van der Waals surface area contributed by atoms with E-state index < -0.39 is 11.7 Å². The molecule has 2 aromatic rings. The number of nitrogens with zero attached hydrogens (tertiary/aromatic N) is 1. The molecule has 0 aromatic heterocycles. The van der Waals surface area contributed by atoms with E-state index in [4.69, 9.17) is 9.47 Å². The Bertz CT molecular complexity index is 726. The van der Waals surface area contributed by atoms with Gasteiger partial charge >= 0.3 is 6.18 Å². The summed E-state index contributed by atoms with van der Waals surface area (Å²) in [6, 6.07) is 9.98. The average Bonchev–Trinajstić information content (AvgIpc) is 2.55. The van der Waals surface area contributed by atoms with Crippen molar-refractivity contribution in [3.8, 4) is 11.5 Å². The SMILES string of the molecule is COc1cc(C=NNc2ccc(C(F)(F)F)cc2)ccc1OC(C)C. The van der Waals surface area contributed by atoms with Crippen LogP contribution >= 0.6 is 0 Å². The predicted octanol–water partition coefficient (Wildman–Crippen LogP) is 4.95. The Morgan fingerprint density at radius 2 is 1.72 bits per heavy atom. The first-order valence-electron chi connectivity index (χ1n) is 7.60. The van der Waals surface area contributed by atoms with Crippen LogP contribution in [0, 0.1) is 0 Å². The van der Waals surface area contributed by atoms with Gasteiger partial charge in [0, 0.05) is 0 Å². The third kappa shape index (κ3) is 5.41. The number of methoxy groups -OCH3 is 1. The van der Waals surface area contributed by atoms with Crippen molar-refractivity contribution in [2.45, 2.75) is 26.1 Å². The lowest BCUT2D eigenvalue weighted by atomic mass is 10.2. The molecule has 0 fully saturated rings. The minimum atomic E-state index is -4.35. The number of rotatable bonds is 6. The molecule has 4 nitrogen and oxygen atoms in total. The van der Waals surface area contributed by atoms with E-state index in [1.54, 1.807) is 31.5 Å². The first kappa shape index (κ1) is 18.6. The smallest absolute Gasteiger partial charge is 0.416 e. The van der Waals surface area contributed by atoms with Gasteiger partial charge in [0.05, 0.1) is 30.7 Å². The lowest BCUT2D eigenvalue weighted by Crippen LogP contribution is -2.06. The van der Waals surface area contributed by atoms with Gasteiger partial charge in [-0.05, 0) is 61.9 Å². The molecule has 0 radical (unpaired) electrons. The lowest BCUT2D eigenvalue weighted by molar-refractivity contribution is -0.137. The summed E-state index contributed by atoms with van der Waals surface area (Å²) >= 11 is 0. The van der Waals surface area contributed by atoms with Crippen molar-refractivity contribution in [3.05, 3.63) is 53.6 Å². The molecule has 0 aliphatic rings. The maximum absolute atomic E-state index is 12.5. The molecule has 0 aliphatic heterocycles. The molecule has 1 N–H and O–H groups in total. The molecule has 25 heavy (non-hydrogen) atoms. The van der Waals surface area contributed by atoms with Crippen molar-refractivity contribution in [1.82, 2.24) is 0 Å². The molecule has 0 unspecified atom stereocenters. The molecule has 2 aromatic carbocycles. The maximum atomic E-state index is 12.5. The fourth-order valence-electron chi connectivity index (χ4n) is 2.03. The van der Waals surface area contributed by atoms with Gasteiger partial charge in [0.15, 0.2) is 11.5 Å². The molecule has 0 spiro atoms. The minimum Gasteiger partial charge on any atom is -0.493 e. The van der Waals surface area contributed by atoms with E-state index in [2.05, 4.69) is 10.5 Å². The summed E-state index contributed by atoms with van der Waals surface area (Å²) in [6.07, 6.45) is -2.79. The van der Waals surface area contributed by atoms with Gasteiger partial charge in [0.2, 0.25) is 0 Å². The van der Waals surface area contributed by atoms with E-state index in [0.717, 1.165) is 17.7 Å². The number of hydrazone groups is 1. The number of halogens is 3. The molecular weight excluding hydrogens is 333 g/mol. The zero-order chi connectivity index (χ0) is 18.4. The topological polar surface area (TPSA) is 42.8 Å². The van der Waals surface area contributed by atoms with Gasteiger partial charge in [-0.3, -0.25) is 5.43 Å². The molecule has 0 bridgehead atoms. The number of alkyl halides is 3. The molecule has 0 amide bonds. The number of ether oxygens (including phenoxy) is 2. The number of hydrogen-bond donors (Lipinski definition) is 1. The van der Waals surface area contributed by atoms with Crippen LogP contribution in [-0.2, 0) is 6.18 Å². The Kier molecular flexibility index (Phi) is 5.90. The van der Waals surface area contributed by atoms with Crippen LogP contribution in [0.3, 0.4) is 0 Å². The van der Waals surface area contributed by atoms with Gasteiger partial charge in [-0.25, -0.2) is 0 Å². The predicted molar refractivity (Wildman–Crippen MR) is 91.4 cm³/mol. The number of benzene rings is 2. The highest BCUT2D eigenvalue weighted by molar-refractivity contribution is 5.81. The third-order valence-corrected chi connectivity index (χ3v) is 3.17. The molecule has 134 valence electrons. The van der Waals surface area contributed by atoms with Gasteiger partial charge in [-0.1, -0.05) is 0 Å². The van der Waals surface area contributed by atoms with Gasteiger partial charge in [0.25, 0.3) is 0 Å². The van der Waals surface area contributed by atoms with Crippen LogP contribution in [0.25, 0.3) is 0 Å². The van der Waals surface area contributed by atoms with Crippen molar-refractivity contribution in [3.63, 3.8) is 0 Å². The molecular formula is C18H19F3N2O2. The lowest BCUT2D eigenvalue weighted by Gasteiger charge is -2.13. The Morgan fingerprint density at radius 3 is 2.28 bits per heavy atom. The van der Waals surface area contributed by atoms with Crippen LogP contribution in [0.1, 0.15) is 25.0 Å². The van der Waals surface area contributed by atoms with Crippen LogP contribution in [0.5, 0.6) is 11.5 Å². The summed E-state index contributed by atoms with van der Waals surface area (Å²) in [4.78, 5) is 0. The highest BCUT2D eigenvalue weighted by Gasteiger charge is 2.29. The summed E-state index contributed by atoms with van der Waals surface area (Å²) < 4.78 is 48.4. The fourth-order valence-corrected chi connectivity index (χ4v) is 2.03. The maximum Gasteiger partial charge on any atom is 0.416 e. The van der Waals surface area contributed by atoms with Crippen LogP contribution < -0.4 is 14.9 Å². The fraction of sp³-hybridized carbons (Fsp3) is 0.278. The second-order valence-electron chi connectivity index (χ2n) is 5.52. The normalized spacial score (nSPS) is 11.8.